The fourth-order valence-corrected chi connectivity index (χ4v) is 2.66. The Kier molecular flexibility index (Phi) is 4.93. The number of hydrogen-bond donors (Lipinski definition) is 0. The Morgan fingerprint density at radius 2 is 1.65 bits per heavy atom. The molecule has 5 heteroatoms. The molecule has 1 aromatic carbocycles. The van der Waals surface area contributed by atoms with Gasteiger partial charge in [0.15, 0.2) is 0 Å². The minimum absolute atomic E-state index is 0.325. The molecule has 0 amide bonds. The van der Waals surface area contributed by atoms with E-state index in [1.807, 2.05) is 33.8 Å². The number of hydrogen-bond acceptors (Lipinski definition) is 3. The van der Waals surface area contributed by atoms with Crippen molar-refractivity contribution in [2.24, 2.45) is 0 Å². The average molecular weight is 319 g/mol. The van der Waals surface area contributed by atoms with Crippen LogP contribution in [0.15, 0.2) is 24.8 Å². The van der Waals surface area contributed by atoms with Crippen LogP contribution in [0.4, 0.5) is 4.39 Å². The van der Waals surface area contributed by atoms with E-state index in [9.17, 15) is 4.39 Å². The topological polar surface area (TPSA) is 21.7 Å². The lowest BCUT2D eigenvalue weighted by molar-refractivity contribution is 0.00578. The second-order valence-electron chi connectivity index (χ2n) is 6.94. The average Bonchev–Trinajstić information content (AvgIpc) is 2.68. The van der Waals surface area contributed by atoms with Gasteiger partial charge in [0.25, 0.3) is 0 Å². The summed E-state index contributed by atoms with van der Waals surface area (Å²) < 4.78 is 26.5. The third-order valence-electron chi connectivity index (χ3n) is 4.99. The summed E-state index contributed by atoms with van der Waals surface area (Å²) in [5.74, 6) is -0.325. The number of benzene rings is 1. The van der Waals surface area contributed by atoms with Crippen LogP contribution in [0.3, 0.4) is 0 Å². The van der Waals surface area contributed by atoms with Crippen LogP contribution in [0.2, 0.25) is 0 Å². The zero-order chi connectivity index (χ0) is 17.4. The van der Waals surface area contributed by atoms with Gasteiger partial charge in [-0.2, -0.15) is 0 Å². The predicted molar refractivity (Wildman–Crippen MR) is 94.1 cm³/mol. The van der Waals surface area contributed by atoms with E-state index < -0.39 is 18.3 Å². The molecule has 1 aromatic rings. The van der Waals surface area contributed by atoms with Gasteiger partial charge in [0.1, 0.15) is 5.82 Å². The Balaban J connectivity index is 2.26. The molecule has 0 bridgehead atoms. The van der Waals surface area contributed by atoms with E-state index in [2.05, 4.69) is 25.3 Å². The van der Waals surface area contributed by atoms with Gasteiger partial charge in [-0.05, 0) is 47.6 Å². The van der Waals surface area contributed by atoms with Gasteiger partial charge in [-0.15, -0.1) is 0 Å². The Labute approximate surface area is 139 Å². The first-order valence-electron chi connectivity index (χ1n) is 8.22. The lowest BCUT2D eigenvalue weighted by Gasteiger charge is -2.32. The number of rotatable bonds is 5. The Bertz CT molecular complexity index is 581. The molecule has 1 saturated heterocycles. The molecule has 126 valence electrons. The Hall–Kier alpha value is -1.33. The fraction of sp³-hybridized carbons (Fsp3) is 0.556. The summed E-state index contributed by atoms with van der Waals surface area (Å²) in [6, 6.07) is 5.13. The van der Waals surface area contributed by atoms with Crippen molar-refractivity contribution in [3.63, 3.8) is 0 Å². The first-order valence-corrected chi connectivity index (χ1v) is 8.22. The zero-order valence-electron chi connectivity index (χ0n) is 15.1. The molecule has 0 aliphatic carbocycles. The molecular weight excluding hydrogens is 292 g/mol. The van der Waals surface area contributed by atoms with Gasteiger partial charge in [-0.1, -0.05) is 18.7 Å². The van der Waals surface area contributed by atoms with Gasteiger partial charge in [0.05, 0.1) is 11.2 Å². The van der Waals surface area contributed by atoms with Crippen LogP contribution in [0.25, 0.3) is 5.70 Å². The van der Waals surface area contributed by atoms with Gasteiger partial charge in [-0.3, -0.25) is 0 Å². The van der Waals surface area contributed by atoms with E-state index in [0.717, 1.165) is 24.4 Å². The molecular formula is C18H27BFNO2. The molecule has 0 saturated carbocycles. The van der Waals surface area contributed by atoms with E-state index in [1.54, 1.807) is 6.07 Å². The molecule has 0 unspecified atom stereocenters. The van der Waals surface area contributed by atoms with Crippen LogP contribution in [0.1, 0.15) is 47.1 Å². The predicted octanol–water partition coefficient (Wildman–Crippen LogP) is 3.44. The second kappa shape index (κ2) is 6.29. The van der Waals surface area contributed by atoms with Crippen molar-refractivity contribution in [1.82, 2.24) is 4.90 Å². The van der Waals surface area contributed by atoms with Crippen molar-refractivity contribution in [2.75, 3.05) is 13.1 Å². The van der Waals surface area contributed by atoms with Crippen LogP contribution in [-0.4, -0.2) is 36.3 Å². The van der Waals surface area contributed by atoms with Crippen LogP contribution < -0.4 is 5.46 Å². The summed E-state index contributed by atoms with van der Waals surface area (Å²) in [4.78, 5) is 2.10. The molecule has 23 heavy (non-hydrogen) atoms. The zero-order valence-corrected chi connectivity index (χ0v) is 15.1. The third-order valence-corrected chi connectivity index (χ3v) is 4.99. The molecule has 1 fully saturated rings. The van der Waals surface area contributed by atoms with Crippen molar-refractivity contribution in [1.29, 1.82) is 0 Å². The van der Waals surface area contributed by atoms with Crippen molar-refractivity contribution in [3.8, 4) is 0 Å². The van der Waals surface area contributed by atoms with E-state index in [-0.39, 0.29) is 5.82 Å². The highest BCUT2D eigenvalue weighted by Crippen LogP contribution is 2.36. The summed E-state index contributed by atoms with van der Waals surface area (Å²) >= 11 is 0. The first-order chi connectivity index (χ1) is 10.6. The van der Waals surface area contributed by atoms with Gasteiger partial charge in [-0.25, -0.2) is 4.39 Å². The monoisotopic (exact) mass is 319 g/mol. The van der Waals surface area contributed by atoms with E-state index in [4.69, 9.17) is 9.31 Å². The molecule has 1 aliphatic rings. The first kappa shape index (κ1) is 18.0. The van der Waals surface area contributed by atoms with Gasteiger partial charge >= 0.3 is 7.12 Å². The molecule has 1 heterocycles. The van der Waals surface area contributed by atoms with Gasteiger partial charge in [0.2, 0.25) is 0 Å². The van der Waals surface area contributed by atoms with Crippen LogP contribution >= 0.6 is 0 Å². The smallest absolute Gasteiger partial charge is 0.399 e. The van der Waals surface area contributed by atoms with Gasteiger partial charge in [0, 0.05) is 29.8 Å². The summed E-state index contributed by atoms with van der Waals surface area (Å²) in [5, 5.41) is 0. The third kappa shape index (κ3) is 3.31. The summed E-state index contributed by atoms with van der Waals surface area (Å²) in [6.45, 7) is 17.7. The highest BCUT2D eigenvalue weighted by molar-refractivity contribution is 6.62. The normalized spacial score (nSPS) is 19.0. The quantitative estimate of drug-likeness (QED) is 0.776. The minimum Gasteiger partial charge on any atom is -0.399 e. The highest BCUT2D eigenvalue weighted by atomic mass is 19.1. The molecule has 0 N–H and O–H groups in total. The van der Waals surface area contributed by atoms with E-state index in [0.29, 0.717) is 5.46 Å². The molecule has 2 rings (SSSR count). The summed E-state index contributed by atoms with van der Waals surface area (Å²) in [7, 11) is -0.684. The SMILES string of the molecule is C=C(c1ccc(B2OC(C)(C)C(C)(C)O2)c(F)c1)N(CC)CC. The van der Waals surface area contributed by atoms with Crippen molar-refractivity contribution in [3.05, 3.63) is 36.2 Å². The molecule has 0 spiro atoms. The summed E-state index contributed by atoms with van der Waals surface area (Å²) in [5.41, 5.74) is 1.09. The fourth-order valence-electron chi connectivity index (χ4n) is 2.66. The maximum Gasteiger partial charge on any atom is 0.497 e. The van der Waals surface area contributed by atoms with E-state index in [1.165, 1.54) is 6.07 Å². The lowest BCUT2D eigenvalue weighted by atomic mass is 9.78. The van der Waals surface area contributed by atoms with Crippen molar-refractivity contribution >= 4 is 18.3 Å². The van der Waals surface area contributed by atoms with E-state index >= 15 is 0 Å². The van der Waals surface area contributed by atoms with Gasteiger partial charge < -0.3 is 14.2 Å². The number of nitrogens with zero attached hydrogens (tertiary/aromatic N) is 1. The van der Waals surface area contributed by atoms with Crippen LogP contribution in [-0.2, 0) is 9.31 Å². The van der Waals surface area contributed by atoms with Crippen molar-refractivity contribution < 1.29 is 13.7 Å². The second-order valence-corrected chi connectivity index (χ2v) is 6.94. The van der Waals surface area contributed by atoms with Crippen LogP contribution in [0.5, 0.6) is 0 Å². The van der Waals surface area contributed by atoms with Crippen LogP contribution in [0, 0.1) is 5.82 Å². The standard InChI is InChI=1S/C18H27BFNO2/c1-8-21(9-2)13(3)14-10-11-15(16(20)12-14)19-22-17(4,5)18(6,7)23-19/h10-12H,3,8-9H2,1-2,4-7H3. The molecule has 0 aromatic heterocycles. The van der Waals surface area contributed by atoms with Crippen molar-refractivity contribution in [2.45, 2.75) is 52.7 Å². The largest absolute Gasteiger partial charge is 0.497 e. The molecule has 0 radical (unpaired) electrons. The Morgan fingerprint density at radius 3 is 2.09 bits per heavy atom. The Morgan fingerprint density at radius 1 is 1.13 bits per heavy atom. The molecule has 3 nitrogen and oxygen atoms in total. The minimum atomic E-state index is -0.684. The molecule has 1 aliphatic heterocycles. The molecule has 0 atom stereocenters. The maximum atomic E-state index is 14.6. The highest BCUT2D eigenvalue weighted by Gasteiger charge is 2.52. The summed E-state index contributed by atoms with van der Waals surface area (Å²) in [6.07, 6.45) is 0. The maximum absolute atomic E-state index is 14.6. The number of halogens is 1. The lowest BCUT2D eigenvalue weighted by Crippen LogP contribution is -2.41.